The molecule has 1 aromatic heterocycles. The van der Waals surface area contributed by atoms with Crippen molar-refractivity contribution in [1.29, 1.82) is 0 Å². The molecule has 0 spiro atoms. The second kappa shape index (κ2) is 8.59. The van der Waals surface area contributed by atoms with Gasteiger partial charge in [0, 0.05) is 25.0 Å². The van der Waals surface area contributed by atoms with E-state index in [9.17, 15) is 13.2 Å². The first-order chi connectivity index (χ1) is 14.5. The van der Waals surface area contributed by atoms with Gasteiger partial charge in [-0.25, -0.2) is 13.4 Å². The zero-order valence-electron chi connectivity index (χ0n) is 16.4. The summed E-state index contributed by atoms with van der Waals surface area (Å²) >= 11 is 1.41. The van der Waals surface area contributed by atoms with Crippen LogP contribution in [0.4, 0.5) is 5.69 Å². The number of fused-ring (bicyclic) bond motifs is 1. The molecule has 0 saturated heterocycles. The molecule has 1 aliphatic heterocycles. The second-order valence-electron chi connectivity index (χ2n) is 6.90. The Bertz CT molecular complexity index is 1180. The van der Waals surface area contributed by atoms with E-state index in [4.69, 9.17) is 0 Å². The number of sulfonamides is 1. The van der Waals surface area contributed by atoms with Crippen LogP contribution in [0, 0.1) is 0 Å². The monoisotopic (exact) mass is 439 g/mol. The number of carbonyl (C=O) groups excluding carboxylic acids is 1. The van der Waals surface area contributed by atoms with Crippen LogP contribution in [0.2, 0.25) is 0 Å². The zero-order chi connectivity index (χ0) is 21.1. The van der Waals surface area contributed by atoms with Crippen LogP contribution in [0.3, 0.4) is 0 Å². The van der Waals surface area contributed by atoms with E-state index in [-0.39, 0.29) is 12.5 Å². The molecular formula is C22H21N3O3S2. The average Bonchev–Trinajstić information content (AvgIpc) is 2.79. The average molecular weight is 440 g/mol. The van der Waals surface area contributed by atoms with Gasteiger partial charge in [0.05, 0.1) is 10.5 Å². The maximum atomic E-state index is 13.0. The lowest BCUT2D eigenvalue weighted by atomic mass is 10.0. The molecule has 0 aliphatic carbocycles. The van der Waals surface area contributed by atoms with E-state index in [1.165, 1.54) is 16.1 Å². The van der Waals surface area contributed by atoms with Gasteiger partial charge in [-0.05, 0) is 60.2 Å². The number of carbonyl (C=O) groups is 1. The summed E-state index contributed by atoms with van der Waals surface area (Å²) in [6.07, 6.45) is 4.16. The fraction of sp³-hybridized carbons (Fsp3) is 0.182. The third-order valence-corrected chi connectivity index (χ3v) is 7.60. The molecule has 4 rings (SSSR count). The van der Waals surface area contributed by atoms with E-state index in [1.54, 1.807) is 48.7 Å². The van der Waals surface area contributed by atoms with Crippen LogP contribution in [0.5, 0.6) is 0 Å². The Labute approximate surface area is 180 Å². The Balaban J connectivity index is 1.56. The molecule has 154 valence electrons. The maximum absolute atomic E-state index is 13.0. The molecule has 6 nitrogen and oxygen atoms in total. The van der Waals surface area contributed by atoms with Crippen molar-refractivity contribution in [3.63, 3.8) is 0 Å². The molecule has 0 unspecified atom stereocenters. The first-order valence-corrected chi connectivity index (χ1v) is 12.1. The van der Waals surface area contributed by atoms with E-state index in [2.05, 4.69) is 10.3 Å². The molecule has 0 radical (unpaired) electrons. The highest BCUT2D eigenvalue weighted by atomic mass is 32.2. The molecule has 3 aromatic rings. The summed E-state index contributed by atoms with van der Waals surface area (Å²) in [6.45, 7) is 0.710. The summed E-state index contributed by atoms with van der Waals surface area (Å²) in [5, 5.41) is 3.57. The van der Waals surface area contributed by atoms with Gasteiger partial charge < -0.3 is 5.32 Å². The van der Waals surface area contributed by atoms with Gasteiger partial charge in [0.25, 0.3) is 5.91 Å². The summed E-state index contributed by atoms with van der Waals surface area (Å²) in [5.41, 5.74) is 3.14. The van der Waals surface area contributed by atoms with Crippen LogP contribution in [-0.2, 0) is 23.0 Å². The molecule has 0 saturated carbocycles. The molecule has 1 aliphatic rings. The van der Waals surface area contributed by atoms with Crippen molar-refractivity contribution in [2.24, 2.45) is 0 Å². The Morgan fingerprint density at radius 3 is 2.63 bits per heavy atom. The van der Waals surface area contributed by atoms with Crippen LogP contribution in [-0.4, -0.2) is 36.4 Å². The summed E-state index contributed by atoms with van der Waals surface area (Å²) in [5.74, 6) is -0.239. The highest BCUT2D eigenvalue weighted by Crippen LogP contribution is 2.27. The number of anilines is 1. The predicted octanol–water partition coefficient (Wildman–Crippen LogP) is 3.80. The number of pyridine rings is 1. The predicted molar refractivity (Wildman–Crippen MR) is 118 cm³/mol. The fourth-order valence-electron chi connectivity index (χ4n) is 3.48. The van der Waals surface area contributed by atoms with Crippen LogP contribution in [0.1, 0.15) is 21.5 Å². The van der Waals surface area contributed by atoms with Crippen molar-refractivity contribution >= 4 is 33.4 Å². The van der Waals surface area contributed by atoms with E-state index in [1.807, 2.05) is 24.5 Å². The molecule has 1 amide bonds. The molecule has 1 N–H and O–H groups in total. The van der Waals surface area contributed by atoms with E-state index < -0.39 is 10.0 Å². The molecule has 0 atom stereocenters. The normalized spacial score (nSPS) is 14.2. The number of thioether (sulfide) groups is 1. The summed E-state index contributed by atoms with van der Waals surface area (Å²) in [7, 11) is -3.56. The summed E-state index contributed by atoms with van der Waals surface area (Å²) in [6, 6.07) is 17.6. The quantitative estimate of drug-likeness (QED) is 0.612. The number of hydrogen-bond acceptors (Lipinski definition) is 5. The van der Waals surface area contributed by atoms with Crippen LogP contribution < -0.4 is 5.32 Å². The minimum Gasteiger partial charge on any atom is -0.322 e. The molecule has 30 heavy (non-hydrogen) atoms. The van der Waals surface area contributed by atoms with Gasteiger partial charge in [-0.15, -0.1) is 11.8 Å². The van der Waals surface area contributed by atoms with E-state index in [0.29, 0.717) is 34.1 Å². The lowest BCUT2D eigenvalue weighted by Gasteiger charge is -2.28. The molecule has 0 fully saturated rings. The van der Waals surface area contributed by atoms with Crippen molar-refractivity contribution in [1.82, 2.24) is 9.29 Å². The molecule has 8 heteroatoms. The highest BCUT2D eigenvalue weighted by Gasteiger charge is 2.28. The van der Waals surface area contributed by atoms with Gasteiger partial charge >= 0.3 is 0 Å². The van der Waals surface area contributed by atoms with Crippen molar-refractivity contribution in [2.45, 2.75) is 22.9 Å². The SMILES string of the molecule is CSc1ncccc1C(=O)Nc1ccc2c(c1)CN(S(=O)(=O)c1ccccc1)CC2. The Morgan fingerprint density at radius 1 is 1.07 bits per heavy atom. The number of benzene rings is 2. The maximum Gasteiger partial charge on any atom is 0.258 e. The Hall–Kier alpha value is -2.68. The van der Waals surface area contributed by atoms with Crippen LogP contribution >= 0.6 is 11.8 Å². The zero-order valence-corrected chi connectivity index (χ0v) is 18.0. The van der Waals surface area contributed by atoms with Crippen molar-refractivity contribution in [3.8, 4) is 0 Å². The van der Waals surface area contributed by atoms with Gasteiger partial charge in [-0.3, -0.25) is 4.79 Å². The Kier molecular flexibility index (Phi) is 5.90. The van der Waals surface area contributed by atoms with Gasteiger partial charge in [-0.2, -0.15) is 4.31 Å². The lowest BCUT2D eigenvalue weighted by Crippen LogP contribution is -2.36. The fourth-order valence-corrected chi connectivity index (χ4v) is 5.47. The topological polar surface area (TPSA) is 79.4 Å². The van der Waals surface area contributed by atoms with Crippen LogP contribution in [0.25, 0.3) is 0 Å². The number of amides is 1. The van der Waals surface area contributed by atoms with Gasteiger partial charge in [-0.1, -0.05) is 24.3 Å². The smallest absolute Gasteiger partial charge is 0.258 e. The first kappa shape index (κ1) is 20.6. The minimum atomic E-state index is -3.56. The molecule has 2 heterocycles. The number of hydrogen-bond donors (Lipinski definition) is 1. The van der Waals surface area contributed by atoms with Crippen LogP contribution in [0.15, 0.2) is 76.8 Å². The first-order valence-electron chi connectivity index (χ1n) is 9.46. The summed E-state index contributed by atoms with van der Waals surface area (Å²) < 4.78 is 27.4. The van der Waals surface area contributed by atoms with Crippen molar-refractivity contribution < 1.29 is 13.2 Å². The number of nitrogens with zero attached hydrogens (tertiary/aromatic N) is 2. The van der Waals surface area contributed by atoms with Gasteiger partial charge in [0.1, 0.15) is 5.03 Å². The second-order valence-corrected chi connectivity index (χ2v) is 9.63. The molecule has 2 aromatic carbocycles. The third-order valence-electron chi connectivity index (χ3n) is 5.03. The van der Waals surface area contributed by atoms with E-state index >= 15 is 0 Å². The van der Waals surface area contributed by atoms with Gasteiger partial charge in [0.15, 0.2) is 0 Å². The van der Waals surface area contributed by atoms with Gasteiger partial charge in [0.2, 0.25) is 10.0 Å². The highest BCUT2D eigenvalue weighted by molar-refractivity contribution is 7.98. The lowest BCUT2D eigenvalue weighted by molar-refractivity contribution is 0.102. The Morgan fingerprint density at radius 2 is 1.87 bits per heavy atom. The van der Waals surface area contributed by atoms with Crippen molar-refractivity contribution in [3.05, 3.63) is 83.6 Å². The number of aromatic nitrogens is 1. The standard InChI is InChI=1S/C22H21N3O3S2/c1-29-22-20(8-5-12-23-22)21(26)24-18-10-9-16-11-13-25(15-17(16)14-18)30(27,28)19-6-3-2-4-7-19/h2-10,12,14H,11,13,15H2,1H3,(H,24,26). The molecule has 0 bridgehead atoms. The molecular weight excluding hydrogens is 418 g/mol. The third kappa shape index (κ3) is 4.12. The number of nitrogens with one attached hydrogen (secondary N) is 1. The van der Waals surface area contributed by atoms with Crippen molar-refractivity contribution in [2.75, 3.05) is 18.1 Å². The van der Waals surface area contributed by atoms with E-state index in [0.717, 1.165) is 11.1 Å². The summed E-state index contributed by atoms with van der Waals surface area (Å²) in [4.78, 5) is 17.2. The minimum absolute atomic E-state index is 0.239. The largest absolute Gasteiger partial charge is 0.322 e. The number of rotatable bonds is 5.